The van der Waals surface area contributed by atoms with Crippen molar-refractivity contribution in [2.45, 2.75) is 20.4 Å². The normalized spacial score (nSPS) is 11.0. The first-order valence-electron chi connectivity index (χ1n) is 6.75. The SMILES string of the molecule is Cc1cc(C(=O)Cn2c(=O)oc3cc([N+](=O)[O-])ccc32)c(C)s1. The molecule has 0 radical (unpaired) electrons. The highest BCUT2D eigenvalue weighted by Crippen LogP contribution is 2.23. The summed E-state index contributed by atoms with van der Waals surface area (Å²) in [5.41, 5.74) is 0.860. The van der Waals surface area contributed by atoms with Crippen molar-refractivity contribution in [3.63, 3.8) is 0 Å². The van der Waals surface area contributed by atoms with Crippen LogP contribution in [0.3, 0.4) is 0 Å². The van der Waals surface area contributed by atoms with E-state index in [9.17, 15) is 19.7 Å². The molecule has 118 valence electrons. The minimum Gasteiger partial charge on any atom is -0.407 e. The Labute approximate surface area is 133 Å². The quantitative estimate of drug-likeness (QED) is 0.415. The van der Waals surface area contributed by atoms with Gasteiger partial charge in [-0.2, -0.15) is 0 Å². The summed E-state index contributed by atoms with van der Waals surface area (Å²) in [6.07, 6.45) is 0. The molecule has 8 heteroatoms. The Morgan fingerprint density at radius 1 is 1.35 bits per heavy atom. The van der Waals surface area contributed by atoms with Crippen LogP contribution in [0.15, 0.2) is 33.5 Å². The van der Waals surface area contributed by atoms with E-state index in [1.54, 1.807) is 6.07 Å². The number of fused-ring (bicyclic) bond motifs is 1. The fraction of sp³-hybridized carbons (Fsp3) is 0.200. The molecule has 0 saturated carbocycles. The third kappa shape index (κ3) is 2.68. The van der Waals surface area contributed by atoms with E-state index in [0.717, 1.165) is 9.75 Å². The van der Waals surface area contributed by atoms with Gasteiger partial charge >= 0.3 is 5.76 Å². The minimum absolute atomic E-state index is 0.0928. The zero-order valence-corrected chi connectivity index (χ0v) is 13.2. The number of benzene rings is 1. The molecule has 0 aliphatic carbocycles. The fourth-order valence-corrected chi connectivity index (χ4v) is 3.40. The van der Waals surface area contributed by atoms with Gasteiger partial charge in [-0.25, -0.2) is 4.79 Å². The summed E-state index contributed by atoms with van der Waals surface area (Å²) < 4.78 is 6.20. The highest BCUT2D eigenvalue weighted by atomic mass is 32.1. The molecule has 2 aromatic heterocycles. The van der Waals surface area contributed by atoms with Gasteiger partial charge in [0.15, 0.2) is 11.4 Å². The van der Waals surface area contributed by atoms with E-state index in [-0.39, 0.29) is 23.6 Å². The number of carbonyl (C=O) groups excluding carboxylic acids is 1. The Bertz CT molecular complexity index is 995. The van der Waals surface area contributed by atoms with Crippen LogP contribution >= 0.6 is 11.3 Å². The fourth-order valence-electron chi connectivity index (χ4n) is 2.45. The van der Waals surface area contributed by atoms with Crippen molar-refractivity contribution in [1.29, 1.82) is 0 Å². The summed E-state index contributed by atoms with van der Waals surface area (Å²) in [7, 11) is 0. The van der Waals surface area contributed by atoms with E-state index in [1.807, 2.05) is 13.8 Å². The maximum absolute atomic E-state index is 12.4. The van der Waals surface area contributed by atoms with Gasteiger partial charge in [-0.05, 0) is 26.0 Å². The Hall–Kier alpha value is -2.74. The van der Waals surface area contributed by atoms with Crippen LogP contribution in [0, 0.1) is 24.0 Å². The summed E-state index contributed by atoms with van der Waals surface area (Å²) in [5.74, 6) is -0.909. The number of ketones is 1. The number of nitro groups is 1. The molecule has 3 aromatic rings. The number of oxazole rings is 1. The maximum atomic E-state index is 12.4. The first kappa shape index (κ1) is 15.2. The molecule has 2 heterocycles. The molecule has 0 aliphatic heterocycles. The largest absolute Gasteiger partial charge is 0.420 e. The molecule has 0 spiro atoms. The predicted octanol–water partition coefficient (Wildman–Crippen LogP) is 3.06. The lowest BCUT2D eigenvalue weighted by Crippen LogP contribution is -2.20. The van der Waals surface area contributed by atoms with E-state index in [1.165, 1.54) is 34.1 Å². The lowest BCUT2D eigenvalue weighted by Gasteiger charge is -2.01. The number of aryl methyl sites for hydroxylation is 2. The average molecular weight is 332 g/mol. The van der Waals surface area contributed by atoms with Crippen molar-refractivity contribution in [3.8, 4) is 0 Å². The van der Waals surface area contributed by atoms with E-state index in [2.05, 4.69) is 0 Å². The molecule has 0 aliphatic rings. The number of aromatic nitrogens is 1. The number of thiophene rings is 1. The Morgan fingerprint density at radius 3 is 2.70 bits per heavy atom. The second-order valence-corrected chi connectivity index (χ2v) is 6.57. The van der Waals surface area contributed by atoms with Gasteiger partial charge < -0.3 is 4.42 Å². The van der Waals surface area contributed by atoms with Crippen molar-refractivity contribution in [2.24, 2.45) is 0 Å². The van der Waals surface area contributed by atoms with Gasteiger partial charge in [0, 0.05) is 21.4 Å². The standard InChI is InChI=1S/C15H12N2O5S/c1-8-5-11(9(2)23-8)13(18)7-16-12-4-3-10(17(20)21)6-14(12)22-15(16)19/h3-6H,7H2,1-2H3. The first-order chi connectivity index (χ1) is 10.9. The van der Waals surface area contributed by atoms with Crippen molar-refractivity contribution >= 4 is 33.9 Å². The topological polar surface area (TPSA) is 95.3 Å². The number of nitro benzene ring substituents is 1. The van der Waals surface area contributed by atoms with Crippen LogP contribution in [0.2, 0.25) is 0 Å². The van der Waals surface area contributed by atoms with E-state index >= 15 is 0 Å². The summed E-state index contributed by atoms with van der Waals surface area (Å²) in [6, 6.07) is 5.66. The van der Waals surface area contributed by atoms with Gasteiger partial charge in [0.05, 0.1) is 23.1 Å². The number of rotatable bonds is 4. The monoisotopic (exact) mass is 332 g/mol. The summed E-state index contributed by atoms with van der Waals surface area (Å²) >= 11 is 1.52. The second kappa shape index (κ2) is 5.47. The first-order valence-corrected chi connectivity index (χ1v) is 7.56. The predicted molar refractivity (Wildman–Crippen MR) is 85.3 cm³/mol. The van der Waals surface area contributed by atoms with Gasteiger partial charge in [0.1, 0.15) is 0 Å². The van der Waals surface area contributed by atoms with Crippen molar-refractivity contribution in [2.75, 3.05) is 0 Å². The average Bonchev–Trinajstić information content (AvgIpc) is 2.98. The van der Waals surface area contributed by atoms with Gasteiger partial charge in [-0.1, -0.05) is 0 Å². The van der Waals surface area contributed by atoms with Crippen LogP contribution in [0.5, 0.6) is 0 Å². The van der Waals surface area contributed by atoms with E-state index in [4.69, 9.17) is 4.42 Å². The number of carbonyl (C=O) groups is 1. The third-order valence-corrected chi connectivity index (χ3v) is 4.47. The third-order valence-electron chi connectivity index (χ3n) is 3.51. The van der Waals surface area contributed by atoms with Crippen molar-refractivity contribution < 1.29 is 14.1 Å². The number of Topliss-reactive ketones (excluding diaryl/α,β-unsaturated/α-hetero) is 1. The van der Waals surface area contributed by atoms with Crippen LogP contribution < -0.4 is 5.76 Å². The number of nitrogens with zero attached hydrogens (tertiary/aromatic N) is 2. The molecule has 3 rings (SSSR count). The molecule has 0 N–H and O–H groups in total. The lowest BCUT2D eigenvalue weighted by atomic mass is 10.1. The highest BCUT2D eigenvalue weighted by Gasteiger charge is 2.18. The van der Waals surface area contributed by atoms with Crippen LogP contribution in [0.1, 0.15) is 20.1 Å². The second-order valence-electron chi connectivity index (χ2n) is 5.11. The minimum atomic E-state index is -0.710. The molecule has 0 bridgehead atoms. The molecule has 0 atom stereocenters. The van der Waals surface area contributed by atoms with Crippen molar-refractivity contribution in [1.82, 2.24) is 4.57 Å². The molecule has 0 amide bonds. The van der Waals surface area contributed by atoms with Gasteiger partial charge in [-0.15, -0.1) is 11.3 Å². The van der Waals surface area contributed by atoms with Crippen LogP contribution in [0.4, 0.5) is 5.69 Å². The molecular formula is C15H12N2O5S. The van der Waals surface area contributed by atoms with Crippen molar-refractivity contribution in [3.05, 3.63) is 60.2 Å². The van der Waals surface area contributed by atoms with E-state index < -0.39 is 10.7 Å². The molecule has 7 nitrogen and oxygen atoms in total. The van der Waals surface area contributed by atoms with Crippen LogP contribution in [-0.4, -0.2) is 15.3 Å². The molecule has 23 heavy (non-hydrogen) atoms. The van der Waals surface area contributed by atoms with Gasteiger partial charge in [-0.3, -0.25) is 19.5 Å². The van der Waals surface area contributed by atoms with Gasteiger partial charge in [0.25, 0.3) is 5.69 Å². The van der Waals surface area contributed by atoms with Crippen LogP contribution in [0.25, 0.3) is 11.1 Å². The number of non-ortho nitro benzene ring substituents is 1. The number of hydrogen-bond donors (Lipinski definition) is 0. The molecule has 0 saturated heterocycles. The highest BCUT2D eigenvalue weighted by molar-refractivity contribution is 7.12. The summed E-state index contributed by atoms with van der Waals surface area (Å²) in [4.78, 5) is 36.5. The van der Waals surface area contributed by atoms with E-state index in [0.29, 0.717) is 11.1 Å². The Kier molecular flexibility index (Phi) is 3.61. The smallest absolute Gasteiger partial charge is 0.407 e. The zero-order valence-electron chi connectivity index (χ0n) is 12.4. The zero-order chi connectivity index (χ0) is 16.7. The maximum Gasteiger partial charge on any atom is 0.420 e. The Morgan fingerprint density at radius 2 is 2.09 bits per heavy atom. The molecule has 0 fully saturated rings. The molecule has 1 aromatic carbocycles. The number of hydrogen-bond acceptors (Lipinski definition) is 6. The molecule has 0 unspecified atom stereocenters. The van der Waals surface area contributed by atoms with Gasteiger partial charge in [0.2, 0.25) is 0 Å². The molecular weight excluding hydrogens is 320 g/mol. The Balaban J connectivity index is 2.01. The summed E-state index contributed by atoms with van der Waals surface area (Å²) in [5, 5.41) is 10.8. The lowest BCUT2D eigenvalue weighted by molar-refractivity contribution is -0.384. The summed E-state index contributed by atoms with van der Waals surface area (Å²) in [6.45, 7) is 3.60. The van der Waals surface area contributed by atoms with Crippen LogP contribution in [-0.2, 0) is 6.54 Å².